The Kier molecular flexibility index (Phi) is 6.26. The van der Waals surface area contributed by atoms with E-state index < -0.39 is 0 Å². The molecule has 0 fully saturated rings. The van der Waals surface area contributed by atoms with Crippen molar-refractivity contribution in [1.82, 2.24) is 5.32 Å². The molecule has 1 aromatic rings. The molecule has 2 atom stereocenters. The molecule has 0 aromatic heterocycles. The first-order valence-corrected chi connectivity index (χ1v) is 7.17. The summed E-state index contributed by atoms with van der Waals surface area (Å²) in [5.74, 6) is 2.51. The summed E-state index contributed by atoms with van der Waals surface area (Å²) in [7, 11) is 0. The molecule has 1 rings (SSSR count). The molecule has 19 heavy (non-hydrogen) atoms. The van der Waals surface area contributed by atoms with Gasteiger partial charge in [0.15, 0.2) is 0 Å². The van der Waals surface area contributed by atoms with Gasteiger partial charge in [-0.25, -0.2) is 4.79 Å². The number of benzene rings is 1. The molecule has 5 heteroatoms. The molecule has 0 aliphatic heterocycles. The van der Waals surface area contributed by atoms with E-state index in [2.05, 4.69) is 16.6 Å². The van der Waals surface area contributed by atoms with Crippen LogP contribution in [-0.4, -0.2) is 35.3 Å². The molecule has 0 bridgehead atoms. The molecule has 4 nitrogen and oxygen atoms in total. The minimum Gasteiger partial charge on any atom is -0.395 e. The number of nitrogens with one attached hydrogen (secondary N) is 2. The Morgan fingerprint density at radius 1 is 1.58 bits per heavy atom. The maximum absolute atomic E-state index is 11.8. The highest BCUT2D eigenvalue weighted by molar-refractivity contribution is 7.99. The number of thioether (sulfide) groups is 1. The van der Waals surface area contributed by atoms with Gasteiger partial charge in [-0.15, -0.1) is 6.42 Å². The van der Waals surface area contributed by atoms with E-state index in [1.807, 2.05) is 13.2 Å². The SMILES string of the molecule is C#Cc1cccc(NC(=O)N[C@H](C)[C@@H](CO)SC)c1. The summed E-state index contributed by atoms with van der Waals surface area (Å²) in [5, 5.41) is 14.6. The highest BCUT2D eigenvalue weighted by atomic mass is 32.2. The van der Waals surface area contributed by atoms with E-state index >= 15 is 0 Å². The van der Waals surface area contributed by atoms with Crippen LogP contribution in [0.25, 0.3) is 0 Å². The number of rotatable bonds is 5. The van der Waals surface area contributed by atoms with Crippen molar-refractivity contribution in [3.05, 3.63) is 29.8 Å². The van der Waals surface area contributed by atoms with Crippen LogP contribution in [0.15, 0.2) is 24.3 Å². The largest absolute Gasteiger partial charge is 0.395 e. The highest BCUT2D eigenvalue weighted by Gasteiger charge is 2.17. The van der Waals surface area contributed by atoms with Gasteiger partial charge in [0, 0.05) is 22.5 Å². The molecule has 0 aliphatic carbocycles. The third-order valence-electron chi connectivity index (χ3n) is 2.69. The second kappa shape index (κ2) is 7.72. The first-order chi connectivity index (χ1) is 9.10. The Bertz CT molecular complexity index is 467. The maximum atomic E-state index is 11.8. The molecule has 0 radical (unpaired) electrons. The number of carbonyl (C=O) groups is 1. The molecule has 2 amide bonds. The highest BCUT2D eigenvalue weighted by Crippen LogP contribution is 2.12. The van der Waals surface area contributed by atoms with Crippen LogP contribution in [0, 0.1) is 12.3 Å². The van der Waals surface area contributed by atoms with Crippen LogP contribution in [0.5, 0.6) is 0 Å². The summed E-state index contributed by atoms with van der Waals surface area (Å²) < 4.78 is 0. The molecule has 0 heterocycles. The third-order valence-corrected chi connectivity index (χ3v) is 3.85. The number of urea groups is 1. The van der Waals surface area contributed by atoms with Crippen molar-refractivity contribution in [2.75, 3.05) is 18.2 Å². The number of carbonyl (C=O) groups excluding carboxylic acids is 1. The zero-order valence-electron chi connectivity index (χ0n) is 11.0. The summed E-state index contributed by atoms with van der Waals surface area (Å²) in [6.07, 6.45) is 7.19. The van der Waals surface area contributed by atoms with Crippen LogP contribution in [-0.2, 0) is 0 Å². The van der Waals surface area contributed by atoms with Crippen LogP contribution >= 0.6 is 11.8 Å². The van der Waals surface area contributed by atoms with E-state index in [9.17, 15) is 4.79 Å². The minimum atomic E-state index is -0.311. The second-order valence-electron chi connectivity index (χ2n) is 4.07. The average molecular weight is 278 g/mol. The van der Waals surface area contributed by atoms with E-state index in [0.29, 0.717) is 11.3 Å². The quantitative estimate of drug-likeness (QED) is 0.721. The number of hydrogen-bond donors (Lipinski definition) is 3. The third kappa shape index (κ3) is 4.86. The Morgan fingerprint density at radius 2 is 2.32 bits per heavy atom. The topological polar surface area (TPSA) is 61.4 Å². The van der Waals surface area contributed by atoms with Gasteiger partial charge in [-0.1, -0.05) is 12.0 Å². The van der Waals surface area contributed by atoms with Gasteiger partial charge in [0.05, 0.1) is 6.61 Å². The zero-order valence-corrected chi connectivity index (χ0v) is 11.8. The van der Waals surface area contributed by atoms with Crippen molar-refractivity contribution >= 4 is 23.5 Å². The fourth-order valence-electron chi connectivity index (χ4n) is 1.59. The van der Waals surface area contributed by atoms with Crippen molar-refractivity contribution in [2.45, 2.75) is 18.2 Å². The summed E-state index contributed by atoms with van der Waals surface area (Å²) >= 11 is 1.51. The predicted octanol–water partition coefficient (Wildman–Crippen LogP) is 1.90. The molecule has 0 unspecified atom stereocenters. The van der Waals surface area contributed by atoms with Crippen molar-refractivity contribution in [3.63, 3.8) is 0 Å². The van der Waals surface area contributed by atoms with E-state index in [1.54, 1.807) is 24.3 Å². The zero-order chi connectivity index (χ0) is 14.3. The number of terminal acetylenes is 1. The Labute approximate surface area is 118 Å². The van der Waals surface area contributed by atoms with E-state index in [4.69, 9.17) is 11.5 Å². The van der Waals surface area contributed by atoms with Gasteiger partial charge < -0.3 is 15.7 Å². The van der Waals surface area contributed by atoms with Crippen LogP contribution in [0.4, 0.5) is 10.5 Å². The lowest BCUT2D eigenvalue weighted by molar-refractivity contribution is 0.243. The lowest BCUT2D eigenvalue weighted by atomic mass is 10.2. The minimum absolute atomic E-state index is 0.0230. The van der Waals surface area contributed by atoms with Gasteiger partial charge in [-0.2, -0.15) is 11.8 Å². The summed E-state index contributed by atoms with van der Waals surface area (Å²) in [5.41, 5.74) is 1.35. The number of hydrogen-bond acceptors (Lipinski definition) is 3. The van der Waals surface area contributed by atoms with Crippen LogP contribution < -0.4 is 10.6 Å². The molecular weight excluding hydrogens is 260 g/mol. The fraction of sp³-hybridized carbons (Fsp3) is 0.357. The van der Waals surface area contributed by atoms with Crippen molar-refractivity contribution in [3.8, 4) is 12.3 Å². The summed E-state index contributed by atoms with van der Waals surface area (Å²) in [4.78, 5) is 11.8. The molecule has 0 aliphatic rings. The molecule has 3 N–H and O–H groups in total. The van der Waals surface area contributed by atoms with Crippen LogP contribution in [0.3, 0.4) is 0 Å². The summed E-state index contributed by atoms with van der Waals surface area (Å²) in [6, 6.07) is 6.63. The normalized spacial score (nSPS) is 13.2. The van der Waals surface area contributed by atoms with Crippen molar-refractivity contribution in [1.29, 1.82) is 0 Å². The number of aliphatic hydroxyl groups is 1. The molecule has 1 aromatic carbocycles. The Balaban J connectivity index is 2.58. The summed E-state index contributed by atoms with van der Waals surface area (Å²) in [6.45, 7) is 1.88. The standard InChI is InChI=1S/C14H18N2O2S/c1-4-11-6-5-7-12(8-11)16-14(18)15-10(2)13(9-17)19-3/h1,5-8,10,13,17H,9H2,2-3H3,(H2,15,16,18)/t10-,13-/m1/s1. The van der Waals surface area contributed by atoms with Crippen molar-refractivity contribution < 1.29 is 9.90 Å². The van der Waals surface area contributed by atoms with E-state index in [0.717, 1.165) is 0 Å². The van der Waals surface area contributed by atoms with Gasteiger partial charge >= 0.3 is 6.03 Å². The second-order valence-corrected chi connectivity index (χ2v) is 5.15. The molecule has 102 valence electrons. The smallest absolute Gasteiger partial charge is 0.319 e. The molecular formula is C14H18N2O2S. The van der Waals surface area contributed by atoms with Crippen LogP contribution in [0.2, 0.25) is 0 Å². The predicted molar refractivity (Wildman–Crippen MR) is 80.4 cm³/mol. The maximum Gasteiger partial charge on any atom is 0.319 e. The Hall–Kier alpha value is -1.64. The lowest BCUT2D eigenvalue weighted by Crippen LogP contribution is -2.43. The van der Waals surface area contributed by atoms with Gasteiger partial charge in [-0.3, -0.25) is 0 Å². The number of aliphatic hydroxyl groups excluding tert-OH is 1. The fourth-order valence-corrected chi connectivity index (χ4v) is 2.22. The van der Waals surface area contributed by atoms with Gasteiger partial charge in [-0.05, 0) is 31.4 Å². The van der Waals surface area contributed by atoms with E-state index in [1.165, 1.54) is 11.8 Å². The van der Waals surface area contributed by atoms with Gasteiger partial charge in [0.25, 0.3) is 0 Å². The molecule has 0 spiro atoms. The van der Waals surface area contributed by atoms with Crippen molar-refractivity contribution in [2.24, 2.45) is 0 Å². The van der Waals surface area contributed by atoms with Gasteiger partial charge in [0.1, 0.15) is 0 Å². The monoisotopic (exact) mass is 278 g/mol. The first-order valence-electron chi connectivity index (χ1n) is 5.88. The molecule has 0 saturated carbocycles. The number of amides is 2. The van der Waals surface area contributed by atoms with Crippen LogP contribution in [0.1, 0.15) is 12.5 Å². The van der Waals surface area contributed by atoms with E-state index in [-0.39, 0.29) is 23.9 Å². The first kappa shape index (κ1) is 15.4. The Morgan fingerprint density at radius 3 is 2.89 bits per heavy atom. The van der Waals surface area contributed by atoms with Gasteiger partial charge in [0.2, 0.25) is 0 Å². The number of anilines is 1. The average Bonchev–Trinajstić information content (AvgIpc) is 2.40. The molecule has 0 saturated heterocycles. The lowest BCUT2D eigenvalue weighted by Gasteiger charge is -2.21.